The Bertz CT molecular complexity index is 648. The van der Waals surface area contributed by atoms with Crippen LogP contribution in [0.5, 0.6) is 0 Å². The first-order valence-electron chi connectivity index (χ1n) is 6.48. The minimum absolute atomic E-state index is 0.254. The van der Waals surface area contributed by atoms with Crippen molar-refractivity contribution in [3.8, 4) is 0 Å². The summed E-state index contributed by atoms with van der Waals surface area (Å²) in [5, 5.41) is 0.476. The molecule has 0 spiro atoms. The minimum Gasteiger partial charge on any atom is -0.309 e. The standard InChI is InChI=1S/C13H18ClN3O3S/c1-15(2)21(19,20)16(3)12-8-9-17(13(12)18)11-7-5-4-6-10(11)14/h4-7,12H,8-9H2,1-3H3. The molecule has 0 aromatic heterocycles. The van der Waals surface area contributed by atoms with Gasteiger partial charge in [0, 0.05) is 27.7 Å². The highest BCUT2D eigenvalue weighted by Gasteiger charge is 2.40. The Morgan fingerprint density at radius 3 is 2.43 bits per heavy atom. The third-order valence-electron chi connectivity index (χ3n) is 3.58. The quantitative estimate of drug-likeness (QED) is 0.832. The molecule has 1 heterocycles. The van der Waals surface area contributed by atoms with Crippen LogP contribution in [-0.4, -0.2) is 56.7 Å². The summed E-state index contributed by atoms with van der Waals surface area (Å²) in [6, 6.07) is 6.34. The molecule has 1 fully saturated rings. The highest BCUT2D eigenvalue weighted by molar-refractivity contribution is 7.86. The van der Waals surface area contributed by atoms with E-state index < -0.39 is 16.3 Å². The van der Waals surface area contributed by atoms with Crippen molar-refractivity contribution in [2.75, 3.05) is 32.6 Å². The van der Waals surface area contributed by atoms with Crippen molar-refractivity contribution in [2.24, 2.45) is 0 Å². The van der Waals surface area contributed by atoms with Crippen LogP contribution in [0.25, 0.3) is 0 Å². The van der Waals surface area contributed by atoms with E-state index in [0.717, 1.165) is 8.61 Å². The molecule has 1 aliphatic heterocycles. The van der Waals surface area contributed by atoms with Crippen LogP contribution in [0.15, 0.2) is 24.3 Å². The third-order valence-corrected chi connectivity index (χ3v) is 5.81. The van der Waals surface area contributed by atoms with E-state index in [-0.39, 0.29) is 5.91 Å². The molecule has 2 rings (SSSR count). The molecular formula is C13H18ClN3O3S. The number of halogens is 1. The number of amides is 1. The highest BCUT2D eigenvalue weighted by atomic mass is 35.5. The molecule has 8 heteroatoms. The number of carbonyl (C=O) groups excluding carboxylic acids is 1. The van der Waals surface area contributed by atoms with Gasteiger partial charge < -0.3 is 4.90 Å². The van der Waals surface area contributed by atoms with Crippen molar-refractivity contribution in [3.63, 3.8) is 0 Å². The Kier molecular flexibility index (Phi) is 4.57. The summed E-state index contributed by atoms with van der Waals surface area (Å²) in [7, 11) is 0.685. The highest BCUT2D eigenvalue weighted by Crippen LogP contribution is 2.30. The van der Waals surface area contributed by atoms with E-state index in [0.29, 0.717) is 23.7 Å². The monoisotopic (exact) mass is 331 g/mol. The SMILES string of the molecule is CN(C)S(=O)(=O)N(C)C1CCN(c2ccccc2Cl)C1=O. The maximum absolute atomic E-state index is 12.5. The molecular weight excluding hydrogens is 314 g/mol. The average molecular weight is 332 g/mol. The number of likely N-dealkylation sites (N-methyl/N-ethyl adjacent to an activating group) is 1. The summed E-state index contributed by atoms with van der Waals surface area (Å²) >= 11 is 6.10. The fraction of sp³-hybridized carbons (Fsp3) is 0.462. The predicted molar refractivity (Wildman–Crippen MR) is 82.6 cm³/mol. The van der Waals surface area contributed by atoms with Crippen molar-refractivity contribution < 1.29 is 13.2 Å². The summed E-state index contributed by atoms with van der Waals surface area (Å²) in [6.45, 7) is 0.445. The molecule has 1 unspecified atom stereocenters. The van der Waals surface area contributed by atoms with Gasteiger partial charge in [-0.2, -0.15) is 17.0 Å². The van der Waals surface area contributed by atoms with Gasteiger partial charge in [-0.1, -0.05) is 23.7 Å². The first-order valence-corrected chi connectivity index (χ1v) is 8.25. The second-order valence-corrected chi connectivity index (χ2v) is 7.66. The second kappa shape index (κ2) is 5.92. The van der Waals surface area contributed by atoms with E-state index in [1.54, 1.807) is 24.3 Å². The number of rotatable bonds is 4. The second-order valence-electron chi connectivity index (χ2n) is 5.05. The van der Waals surface area contributed by atoms with E-state index in [4.69, 9.17) is 11.6 Å². The van der Waals surface area contributed by atoms with Crippen LogP contribution in [0.4, 0.5) is 5.69 Å². The maximum Gasteiger partial charge on any atom is 0.281 e. The fourth-order valence-electron chi connectivity index (χ4n) is 2.33. The van der Waals surface area contributed by atoms with Crippen LogP contribution in [0.3, 0.4) is 0 Å². The van der Waals surface area contributed by atoms with Gasteiger partial charge in [0.05, 0.1) is 10.7 Å². The molecule has 21 heavy (non-hydrogen) atoms. The fourth-order valence-corrected chi connectivity index (χ4v) is 3.60. The summed E-state index contributed by atoms with van der Waals surface area (Å²) in [5.41, 5.74) is 0.613. The van der Waals surface area contributed by atoms with E-state index in [2.05, 4.69) is 0 Å². The molecule has 0 aliphatic carbocycles. The zero-order valence-electron chi connectivity index (χ0n) is 12.2. The van der Waals surface area contributed by atoms with Crippen LogP contribution in [-0.2, 0) is 15.0 Å². The molecule has 1 aromatic carbocycles. The molecule has 6 nitrogen and oxygen atoms in total. The number of anilines is 1. The number of hydrogen-bond acceptors (Lipinski definition) is 3. The topological polar surface area (TPSA) is 60.9 Å². The molecule has 0 saturated carbocycles. The number of para-hydroxylation sites is 1. The lowest BCUT2D eigenvalue weighted by Crippen LogP contribution is -2.47. The normalized spacial score (nSPS) is 19.8. The summed E-state index contributed by atoms with van der Waals surface area (Å²) in [5.74, 6) is -0.254. The Morgan fingerprint density at radius 2 is 1.86 bits per heavy atom. The molecule has 0 bridgehead atoms. The lowest BCUT2D eigenvalue weighted by Gasteiger charge is -2.26. The molecule has 1 aliphatic rings. The Hall–Kier alpha value is -1.15. The van der Waals surface area contributed by atoms with Crippen LogP contribution in [0, 0.1) is 0 Å². The van der Waals surface area contributed by atoms with Crippen molar-refractivity contribution in [2.45, 2.75) is 12.5 Å². The van der Waals surface area contributed by atoms with E-state index in [9.17, 15) is 13.2 Å². The van der Waals surface area contributed by atoms with Crippen molar-refractivity contribution in [1.82, 2.24) is 8.61 Å². The minimum atomic E-state index is -3.62. The van der Waals surface area contributed by atoms with Gasteiger partial charge in [0.2, 0.25) is 5.91 Å². The number of carbonyl (C=O) groups is 1. The summed E-state index contributed by atoms with van der Waals surface area (Å²) in [4.78, 5) is 14.0. The van der Waals surface area contributed by atoms with Crippen molar-refractivity contribution in [3.05, 3.63) is 29.3 Å². The predicted octanol–water partition coefficient (Wildman–Crippen LogP) is 1.18. The van der Waals surface area contributed by atoms with Gasteiger partial charge in [0.15, 0.2) is 0 Å². The van der Waals surface area contributed by atoms with Crippen LogP contribution >= 0.6 is 11.6 Å². The van der Waals surface area contributed by atoms with E-state index in [1.807, 2.05) is 0 Å². The van der Waals surface area contributed by atoms with Gasteiger partial charge in [-0.25, -0.2) is 0 Å². The molecule has 1 saturated heterocycles. The molecule has 0 radical (unpaired) electrons. The van der Waals surface area contributed by atoms with Crippen LogP contribution < -0.4 is 4.90 Å². The number of hydrogen-bond donors (Lipinski definition) is 0. The van der Waals surface area contributed by atoms with E-state index in [1.165, 1.54) is 26.0 Å². The van der Waals surface area contributed by atoms with Crippen molar-refractivity contribution >= 4 is 33.4 Å². The van der Waals surface area contributed by atoms with Gasteiger partial charge >= 0.3 is 0 Å². The van der Waals surface area contributed by atoms with Gasteiger partial charge in [0.25, 0.3) is 10.2 Å². The lowest BCUT2D eigenvalue weighted by molar-refractivity contribution is -0.120. The first-order chi connectivity index (χ1) is 9.76. The first kappa shape index (κ1) is 16.2. The van der Waals surface area contributed by atoms with Gasteiger partial charge in [-0.3, -0.25) is 4.79 Å². The van der Waals surface area contributed by atoms with Gasteiger partial charge in [-0.05, 0) is 18.6 Å². The molecule has 0 N–H and O–H groups in total. The lowest BCUT2D eigenvalue weighted by atomic mass is 10.2. The largest absolute Gasteiger partial charge is 0.309 e. The zero-order valence-corrected chi connectivity index (χ0v) is 13.7. The number of benzene rings is 1. The number of nitrogens with zero attached hydrogens (tertiary/aromatic N) is 3. The maximum atomic E-state index is 12.5. The smallest absolute Gasteiger partial charge is 0.281 e. The summed E-state index contributed by atoms with van der Waals surface area (Å²) < 4.78 is 26.5. The average Bonchev–Trinajstić information content (AvgIpc) is 2.80. The Labute approximate surface area is 130 Å². The van der Waals surface area contributed by atoms with Crippen molar-refractivity contribution in [1.29, 1.82) is 0 Å². The van der Waals surface area contributed by atoms with E-state index >= 15 is 0 Å². The zero-order chi connectivity index (χ0) is 15.8. The van der Waals surface area contributed by atoms with Crippen LogP contribution in [0.1, 0.15) is 6.42 Å². The van der Waals surface area contributed by atoms with Gasteiger partial charge in [-0.15, -0.1) is 0 Å². The van der Waals surface area contributed by atoms with Gasteiger partial charge in [0.1, 0.15) is 6.04 Å². The third kappa shape index (κ3) is 2.91. The molecule has 1 amide bonds. The molecule has 1 atom stereocenters. The molecule has 1 aromatic rings. The van der Waals surface area contributed by atoms with Crippen LogP contribution in [0.2, 0.25) is 5.02 Å². The Morgan fingerprint density at radius 1 is 1.24 bits per heavy atom. The Balaban J connectivity index is 2.25. The summed E-state index contributed by atoms with van der Waals surface area (Å²) in [6.07, 6.45) is 0.438. The molecule has 116 valence electrons.